The third kappa shape index (κ3) is 4.46. The number of para-hydroxylation sites is 1. The van der Waals surface area contributed by atoms with Gasteiger partial charge in [0.15, 0.2) is 10.9 Å². The number of aromatic nitrogens is 2. The van der Waals surface area contributed by atoms with E-state index < -0.39 is 10.0 Å². The van der Waals surface area contributed by atoms with Gasteiger partial charge in [-0.25, -0.2) is 13.4 Å². The molecule has 1 aliphatic heterocycles. The van der Waals surface area contributed by atoms with E-state index in [1.807, 2.05) is 24.3 Å². The number of hydrogen-bond acceptors (Lipinski definition) is 5. The Labute approximate surface area is 199 Å². The highest BCUT2D eigenvalue weighted by Crippen LogP contribution is 2.33. The van der Waals surface area contributed by atoms with E-state index in [1.165, 1.54) is 28.0 Å². The molecule has 0 saturated heterocycles. The summed E-state index contributed by atoms with van der Waals surface area (Å²) in [5.41, 5.74) is 5.73. The quantitative estimate of drug-likeness (QED) is 0.385. The molecule has 1 aromatic heterocycles. The molecule has 0 saturated carbocycles. The van der Waals surface area contributed by atoms with Crippen molar-refractivity contribution >= 4 is 33.3 Å². The summed E-state index contributed by atoms with van der Waals surface area (Å²) in [4.78, 5) is 18.0. The number of rotatable bonds is 6. The highest BCUT2D eigenvalue weighted by Gasteiger charge is 2.25. The van der Waals surface area contributed by atoms with E-state index in [4.69, 9.17) is 4.98 Å². The molecule has 8 heteroatoms. The number of nitrogens with zero attached hydrogens (tertiary/aromatic N) is 3. The van der Waals surface area contributed by atoms with Crippen LogP contribution in [0.2, 0.25) is 0 Å². The van der Waals surface area contributed by atoms with Crippen molar-refractivity contribution in [3.63, 3.8) is 0 Å². The van der Waals surface area contributed by atoms with Crippen LogP contribution in [0.15, 0.2) is 53.7 Å². The van der Waals surface area contributed by atoms with Crippen molar-refractivity contribution in [3.05, 3.63) is 71.0 Å². The number of sulfonamides is 1. The number of carbonyl (C=O) groups excluding carboxylic acids is 1. The van der Waals surface area contributed by atoms with Gasteiger partial charge in [-0.1, -0.05) is 30.0 Å². The first-order chi connectivity index (χ1) is 15.9. The summed E-state index contributed by atoms with van der Waals surface area (Å²) in [5.74, 6) is 0.317. The molecule has 1 aliphatic carbocycles. The molecule has 0 fully saturated rings. The van der Waals surface area contributed by atoms with E-state index in [9.17, 15) is 13.2 Å². The number of carbonyl (C=O) groups is 1. The largest absolute Gasteiger partial charge is 0.293 e. The lowest BCUT2D eigenvalue weighted by molar-refractivity contribution is 0.102. The van der Waals surface area contributed by atoms with Gasteiger partial charge in [0.25, 0.3) is 0 Å². The lowest BCUT2D eigenvalue weighted by Crippen LogP contribution is -2.34. The second-order valence-electron chi connectivity index (χ2n) is 8.66. The molecule has 0 amide bonds. The molecule has 5 rings (SSSR count). The van der Waals surface area contributed by atoms with Crippen LogP contribution in [-0.4, -0.2) is 42.3 Å². The molecule has 0 N–H and O–H groups in total. The molecule has 2 aliphatic rings. The monoisotopic (exact) mass is 481 g/mol. The molecule has 33 heavy (non-hydrogen) atoms. The average molecular weight is 482 g/mol. The maximum Gasteiger partial charge on any atom is 0.232 e. The van der Waals surface area contributed by atoms with Crippen molar-refractivity contribution in [1.29, 1.82) is 0 Å². The number of thioether (sulfide) groups is 1. The lowest BCUT2D eigenvalue weighted by atomic mass is 9.99. The Bertz CT molecular complexity index is 1300. The Hall–Kier alpha value is -2.58. The molecule has 0 bridgehead atoms. The maximum atomic E-state index is 13.1. The molecule has 0 unspecified atom stereocenters. The van der Waals surface area contributed by atoms with Gasteiger partial charge < -0.3 is 0 Å². The summed E-state index contributed by atoms with van der Waals surface area (Å²) in [6, 6.07) is 15.6. The van der Waals surface area contributed by atoms with Crippen molar-refractivity contribution in [2.24, 2.45) is 0 Å². The van der Waals surface area contributed by atoms with Gasteiger partial charge in [-0.2, -0.15) is 0 Å². The van der Waals surface area contributed by atoms with Crippen LogP contribution in [0.25, 0.3) is 5.69 Å². The summed E-state index contributed by atoms with van der Waals surface area (Å²) in [6.45, 7) is 0.488. The van der Waals surface area contributed by atoms with Crippen molar-refractivity contribution in [3.8, 4) is 5.69 Å². The minimum atomic E-state index is -3.32. The average Bonchev–Trinajstić information content (AvgIpc) is 3.20. The Kier molecular flexibility index (Phi) is 6.05. The van der Waals surface area contributed by atoms with Crippen molar-refractivity contribution < 1.29 is 13.2 Å². The summed E-state index contributed by atoms with van der Waals surface area (Å²) in [7, 11) is -3.32. The van der Waals surface area contributed by atoms with Crippen LogP contribution in [0.4, 0.5) is 5.69 Å². The first-order valence-corrected chi connectivity index (χ1v) is 14.2. The maximum absolute atomic E-state index is 13.1. The van der Waals surface area contributed by atoms with Crippen molar-refractivity contribution in [2.75, 3.05) is 22.9 Å². The third-order valence-corrected chi connectivity index (χ3v) is 8.45. The van der Waals surface area contributed by atoms with Crippen LogP contribution in [0.3, 0.4) is 0 Å². The zero-order chi connectivity index (χ0) is 23.0. The van der Waals surface area contributed by atoms with E-state index in [2.05, 4.69) is 16.7 Å². The van der Waals surface area contributed by atoms with E-state index >= 15 is 0 Å². The smallest absolute Gasteiger partial charge is 0.232 e. The summed E-state index contributed by atoms with van der Waals surface area (Å²) in [5, 5.41) is 0.864. The predicted molar refractivity (Wildman–Crippen MR) is 132 cm³/mol. The van der Waals surface area contributed by atoms with Crippen molar-refractivity contribution in [2.45, 2.75) is 43.7 Å². The van der Waals surface area contributed by atoms with Crippen LogP contribution < -0.4 is 4.31 Å². The fourth-order valence-electron chi connectivity index (χ4n) is 4.75. The number of Topliss-reactive ketones (excluding diaryl/α,β-unsaturated/α-hetero) is 1. The SMILES string of the molecule is CS(=O)(=O)N1CCCc2cc(C(=O)CSc3nc4c(n3-c3ccccc3)CCCC4)ccc21. The highest BCUT2D eigenvalue weighted by molar-refractivity contribution is 7.99. The molecular weight excluding hydrogens is 454 g/mol. The fraction of sp³-hybridized carbons (Fsp3) is 0.360. The fourth-order valence-corrected chi connectivity index (χ4v) is 6.69. The van der Waals surface area contributed by atoms with Crippen molar-refractivity contribution in [1.82, 2.24) is 9.55 Å². The summed E-state index contributed by atoms with van der Waals surface area (Å²) < 4.78 is 27.9. The van der Waals surface area contributed by atoms with Crippen LogP contribution in [0, 0.1) is 0 Å². The van der Waals surface area contributed by atoms with Gasteiger partial charge in [0.2, 0.25) is 10.0 Å². The standard InChI is InChI=1S/C25H27N3O3S2/c1-33(30,31)27-15-7-8-18-16-19(13-14-22(18)27)24(29)17-32-25-26-21-11-5-6-12-23(21)28(25)20-9-3-2-4-10-20/h2-4,9-10,13-14,16H,5-8,11-12,15,17H2,1H3. The van der Waals surface area contributed by atoms with E-state index in [0.717, 1.165) is 60.6 Å². The number of imidazole rings is 1. The molecular formula is C25H27N3O3S2. The molecule has 172 valence electrons. The van der Waals surface area contributed by atoms with Gasteiger partial charge in [0.05, 0.1) is 23.4 Å². The number of ketones is 1. The predicted octanol–water partition coefficient (Wildman–Crippen LogP) is 4.44. The third-order valence-electron chi connectivity index (χ3n) is 6.33. The van der Waals surface area contributed by atoms with Crippen LogP contribution in [-0.2, 0) is 29.3 Å². The Morgan fingerprint density at radius 1 is 1.03 bits per heavy atom. The molecule has 0 spiro atoms. The minimum Gasteiger partial charge on any atom is -0.293 e. The second-order valence-corrected chi connectivity index (χ2v) is 11.5. The Balaban J connectivity index is 1.39. The molecule has 3 aromatic rings. The number of fused-ring (bicyclic) bond motifs is 2. The first kappa shape index (κ1) is 22.2. The number of benzene rings is 2. The molecule has 2 aromatic carbocycles. The van der Waals surface area contributed by atoms with Crippen LogP contribution in [0.1, 0.15) is 46.6 Å². The molecule has 0 atom stereocenters. The van der Waals surface area contributed by atoms with E-state index in [-0.39, 0.29) is 11.5 Å². The summed E-state index contributed by atoms with van der Waals surface area (Å²) in [6.07, 6.45) is 7.07. The van der Waals surface area contributed by atoms with Gasteiger partial charge in [-0.3, -0.25) is 13.7 Å². The van der Waals surface area contributed by atoms with E-state index in [1.54, 1.807) is 12.1 Å². The van der Waals surface area contributed by atoms with Gasteiger partial charge >= 0.3 is 0 Å². The van der Waals surface area contributed by atoms with E-state index in [0.29, 0.717) is 17.8 Å². The normalized spacial score (nSPS) is 15.7. The zero-order valence-electron chi connectivity index (χ0n) is 18.7. The second kappa shape index (κ2) is 8.99. The highest BCUT2D eigenvalue weighted by atomic mass is 32.2. The van der Waals surface area contributed by atoms with Gasteiger partial charge in [0.1, 0.15) is 0 Å². The Morgan fingerprint density at radius 3 is 2.61 bits per heavy atom. The zero-order valence-corrected chi connectivity index (χ0v) is 20.3. The molecule has 6 nitrogen and oxygen atoms in total. The van der Waals surface area contributed by atoms with Crippen LogP contribution >= 0.6 is 11.8 Å². The first-order valence-electron chi connectivity index (χ1n) is 11.3. The topological polar surface area (TPSA) is 72.3 Å². The minimum absolute atomic E-state index is 0.0277. The molecule has 0 radical (unpaired) electrons. The lowest BCUT2D eigenvalue weighted by Gasteiger charge is -2.29. The Morgan fingerprint density at radius 2 is 1.82 bits per heavy atom. The molecule has 2 heterocycles. The van der Waals surface area contributed by atoms with Gasteiger partial charge in [-0.15, -0.1) is 0 Å². The van der Waals surface area contributed by atoms with Gasteiger partial charge in [-0.05, 0) is 74.4 Å². The number of anilines is 1. The van der Waals surface area contributed by atoms with Gasteiger partial charge in [0, 0.05) is 23.5 Å². The summed E-state index contributed by atoms with van der Waals surface area (Å²) >= 11 is 1.48. The number of aryl methyl sites for hydroxylation is 2. The van der Waals surface area contributed by atoms with Crippen LogP contribution in [0.5, 0.6) is 0 Å². The number of hydrogen-bond donors (Lipinski definition) is 0.